The van der Waals surface area contributed by atoms with Crippen LogP contribution < -0.4 is 16.3 Å². The Labute approximate surface area is 259 Å². The molecule has 3 heterocycles. The number of carbonyl (C=O) groups excluding carboxylic acids is 3. The lowest BCUT2D eigenvalue weighted by Gasteiger charge is -2.41. The molecule has 45 heavy (non-hydrogen) atoms. The number of rotatable bonds is 6. The van der Waals surface area contributed by atoms with Crippen LogP contribution in [-0.4, -0.2) is 98.9 Å². The Kier molecular flexibility index (Phi) is 10.4. The first-order valence-corrected chi connectivity index (χ1v) is 15.0. The molecule has 2 aliphatic rings. The van der Waals surface area contributed by atoms with Gasteiger partial charge in [0.05, 0.1) is 5.69 Å². The minimum atomic E-state index is -4.98. The number of amides is 4. The molecule has 1 unspecified atom stereocenters. The first kappa shape index (κ1) is 33.7. The van der Waals surface area contributed by atoms with Crippen LogP contribution in [0.5, 0.6) is 0 Å². The fourth-order valence-corrected chi connectivity index (χ4v) is 5.41. The number of carbonyl (C=O) groups is 3. The number of benzene rings is 1. The van der Waals surface area contributed by atoms with Crippen LogP contribution in [0.15, 0.2) is 41.3 Å². The molecule has 1 aromatic carbocycles. The van der Waals surface area contributed by atoms with Crippen LogP contribution in [0.25, 0.3) is 5.69 Å². The van der Waals surface area contributed by atoms with Gasteiger partial charge in [0.1, 0.15) is 11.4 Å². The summed E-state index contributed by atoms with van der Waals surface area (Å²) in [5, 5.41) is 5.47. The predicted octanol–water partition coefficient (Wildman–Crippen LogP) is 3.74. The molecule has 0 bridgehead atoms. The molecular weight excluding hydrogens is 595 g/mol. The van der Waals surface area contributed by atoms with E-state index in [1.54, 1.807) is 19.1 Å². The second kappa shape index (κ2) is 13.9. The van der Waals surface area contributed by atoms with Crippen molar-refractivity contribution in [3.05, 3.63) is 52.6 Å². The molecule has 2 fully saturated rings. The summed E-state index contributed by atoms with van der Waals surface area (Å²) in [7, 11) is 0. The molecule has 2 saturated heterocycles. The number of nitrogens with zero attached hydrogens (tertiary/aromatic N) is 5. The zero-order valence-electron chi connectivity index (χ0n) is 25.9. The van der Waals surface area contributed by atoms with Gasteiger partial charge in [-0.1, -0.05) is 19.1 Å². The van der Waals surface area contributed by atoms with E-state index in [4.69, 9.17) is 4.74 Å². The molecule has 2 aromatic rings. The van der Waals surface area contributed by atoms with E-state index in [0.29, 0.717) is 5.69 Å². The smallest absolute Gasteiger partial charge is 0.444 e. The highest BCUT2D eigenvalue weighted by Gasteiger charge is 2.46. The molecule has 0 saturated carbocycles. The molecule has 1 aromatic heterocycles. The fourth-order valence-electron chi connectivity index (χ4n) is 5.41. The van der Waals surface area contributed by atoms with E-state index in [1.807, 2.05) is 32.9 Å². The number of likely N-dealkylation sites (tertiary alicyclic amines) is 1. The van der Waals surface area contributed by atoms with Crippen LogP contribution in [0.2, 0.25) is 0 Å². The number of hydrogen-bond donors (Lipinski definition) is 2. The first-order valence-electron chi connectivity index (χ1n) is 15.0. The highest BCUT2D eigenvalue weighted by molar-refractivity contribution is 5.89. The molecule has 12 nitrogen and oxygen atoms in total. The van der Waals surface area contributed by atoms with Gasteiger partial charge in [-0.05, 0) is 63.8 Å². The molecule has 2 N–H and O–H groups in total. The molecule has 4 rings (SSSR count). The van der Waals surface area contributed by atoms with Crippen LogP contribution in [0.4, 0.5) is 28.6 Å². The van der Waals surface area contributed by atoms with Crippen molar-refractivity contribution in [3.8, 4) is 5.69 Å². The van der Waals surface area contributed by atoms with Crippen molar-refractivity contribution in [2.75, 3.05) is 38.0 Å². The number of alkyl halides is 3. The van der Waals surface area contributed by atoms with Crippen LogP contribution in [0.3, 0.4) is 0 Å². The highest BCUT2D eigenvalue weighted by Crippen LogP contribution is 2.24. The minimum Gasteiger partial charge on any atom is -0.444 e. The number of aromatic nitrogens is 2. The molecule has 0 radical (unpaired) electrons. The van der Waals surface area contributed by atoms with Crippen molar-refractivity contribution < 1.29 is 32.3 Å². The fraction of sp³-hybridized carbons (Fsp3) is 0.567. The van der Waals surface area contributed by atoms with Gasteiger partial charge in [0.2, 0.25) is 0 Å². The Bertz CT molecular complexity index is 1420. The van der Waals surface area contributed by atoms with E-state index in [1.165, 1.54) is 21.7 Å². The van der Waals surface area contributed by atoms with E-state index < -0.39 is 41.5 Å². The van der Waals surface area contributed by atoms with Gasteiger partial charge in [0, 0.05) is 57.5 Å². The number of anilines is 1. The number of piperidine rings is 1. The Morgan fingerprint density at radius 1 is 1.00 bits per heavy atom. The van der Waals surface area contributed by atoms with Gasteiger partial charge in [0.25, 0.3) is 0 Å². The molecular formula is C30H40F3N7O5. The largest absolute Gasteiger partial charge is 0.471 e. The predicted molar refractivity (Wildman–Crippen MR) is 160 cm³/mol. The molecule has 0 spiro atoms. The molecule has 1 atom stereocenters. The van der Waals surface area contributed by atoms with Crippen molar-refractivity contribution in [2.45, 2.75) is 77.4 Å². The summed E-state index contributed by atoms with van der Waals surface area (Å²) in [6.07, 6.45) is -2.03. The lowest BCUT2D eigenvalue weighted by atomic mass is 10.0. The van der Waals surface area contributed by atoms with Crippen LogP contribution >= 0.6 is 0 Å². The van der Waals surface area contributed by atoms with Gasteiger partial charge < -0.3 is 19.9 Å². The number of urea groups is 1. The quantitative estimate of drug-likeness (QED) is 0.495. The second-order valence-corrected chi connectivity index (χ2v) is 12.3. The van der Waals surface area contributed by atoms with E-state index in [2.05, 4.69) is 20.5 Å². The zero-order chi connectivity index (χ0) is 32.9. The van der Waals surface area contributed by atoms with Gasteiger partial charge in [0.15, 0.2) is 0 Å². The summed E-state index contributed by atoms with van der Waals surface area (Å²) in [4.78, 5) is 57.7. The number of piperazine rings is 1. The second-order valence-electron chi connectivity index (χ2n) is 12.3. The van der Waals surface area contributed by atoms with Crippen LogP contribution in [-0.2, 0) is 16.1 Å². The molecule has 4 amide bonds. The van der Waals surface area contributed by atoms with Gasteiger partial charge in [-0.3, -0.25) is 19.6 Å². The Hall–Kier alpha value is -4.14. The Morgan fingerprint density at radius 2 is 1.67 bits per heavy atom. The van der Waals surface area contributed by atoms with Crippen LogP contribution in [0.1, 0.15) is 52.5 Å². The third-order valence-corrected chi connectivity index (χ3v) is 7.71. The van der Waals surface area contributed by atoms with Gasteiger partial charge >= 0.3 is 29.9 Å². The summed E-state index contributed by atoms with van der Waals surface area (Å²) >= 11 is 0. The van der Waals surface area contributed by atoms with E-state index in [-0.39, 0.29) is 37.9 Å². The van der Waals surface area contributed by atoms with E-state index in [0.717, 1.165) is 42.9 Å². The maximum atomic E-state index is 12.9. The number of ether oxygens (including phenoxy) is 1. The minimum absolute atomic E-state index is 0.00396. The lowest BCUT2D eigenvalue weighted by Crippen LogP contribution is -2.59. The molecule has 15 heteroatoms. The topological polar surface area (TPSA) is 129 Å². The van der Waals surface area contributed by atoms with E-state index in [9.17, 15) is 32.3 Å². The van der Waals surface area contributed by atoms with Crippen molar-refractivity contribution >= 4 is 23.8 Å². The third-order valence-electron chi connectivity index (χ3n) is 7.71. The SMILES string of the molecule is CCC1CN(C(=O)Nc2ccn(-c3ccc(CN4CCC(NC(=O)OC(C)(C)C)CC4)cc3)c(=O)n2)CCN1C(=O)C(F)(F)F. The third kappa shape index (κ3) is 9.19. The van der Waals surface area contributed by atoms with Gasteiger partial charge in [-0.15, -0.1) is 0 Å². The Balaban J connectivity index is 1.28. The van der Waals surface area contributed by atoms with Crippen LogP contribution in [0, 0.1) is 0 Å². The van der Waals surface area contributed by atoms with Crippen molar-refractivity contribution in [1.29, 1.82) is 0 Å². The monoisotopic (exact) mass is 635 g/mol. The number of nitrogens with one attached hydrogen (secondary N) is 2. The number of halogens is 3. The maximum Gasteiger partial charge on any atom is 0.471 e. The van der Waals surface area contributed by atoms with Gasteiger partial charge in [-0.25, -0.2) is 14.4 Å². The van der Waals surface area contributed by atoms with Crippen molar-refractivity contribution in [2.24, 2.45) is 0 Å². The Morgan fingerprint density at radius 3 is 2.24 bits per heavy atom. The van der Waals surface area contributed by atoms with Gasteiger partial charge in [-0.2, -0.15) is 18.2 Å². The number of hydrogen-bond acceptors (Lipinski definition) is 7. The maximum absolute atomic E-state index is 12.9. The normalized spacial score (nSPS) is 18.4. The average molecular weight is 636 g/mol. The number of alkyl carbamates (subject to hydrolysis) is 1. The molecule has 246 valence electrons. The van der Waals surface area contributed by atoms with Crippen molar-refractivity contribution in [3.63, 3.8) is 0 Å². The molecule has 0 aliphatic carbocycles. The summed E-state index contributed by atoms with van der Waals surface area (Å²) in [6, 6.07) is 7.59. The first-order chi connectivity index (χ1) is 21.1. The van der Waals surface area contributed by atoms with E-state index >= 15 is 0 Å². The summed E-state index contributed by atoms with van der Waals surface area (Å²) in [5.41, 5.74) is 0.491. The summed E-state index contributed by atoms with van der Waals surface area (Å²) < 4.78 is 45.5. The average Bonchev–Trinajstić information content (AvgIpc) is 2.96. The highest BCUT2D eigenvalue weighted by atomic mass is 19.4. The van der Waals surface area contributed by atoms with Crippen molar-refractivity contribution in [1.82, 2.24) is 29.6 Å². The summed E-state index contributed by atoms with van der Waals surface area (Å²) in [6.45, 7) is 9.08. The zero-order valence-corrected chi connectivity index (χ0v) is 25.9. The standard InChI is InChI=1S/C30H40F3N7O5/c1-5-22-19-38(16-17-39(22)25(41)30(31,32)33)26(42)35-24-12-15-40(27(43)36-24)23-8-6-20(7-9-23)18-37-13-10-21(11-14-37)34-28(44)45-29(2,3)4/h6-9,12,15,21-22H,5,10-11,13-14,16-19H2,1-4H3,(H,34,44)(H,35,36,42,43). The summed E-state index contributed by atoms with van der Waals surface area (Å²) in [5.74, 6) is -1.91. The lowest BCUT2D eigenvalue weighted by molar-refractivity contribution is -0.189. The molecule has 2 aliphatic heterocycles.